The molecule has 3 N–H and O–H groups in total. The van der Waals surface area contributed by atoms with Crippen molar-refractivity contribution < 1.29 is 19.1 Å². The molecule has 7 nitrogen and oxygen atoms in total. The van der Waals surface area contributed by atoms with E-state index in [1.165, 1.54) is 0 Å². The van der Waals surface area contributed by atoms with Crippen molar-refractivity contribution in [2.45, 2.75) is 51.5 Å². The van der Waals surface area contributed by atoms with Gasteiger partial charge in [-0.15, -0.1) is 0 Å². The Hall–Kier alpha value is -2.93. The van der Waals surface area contributed by atoms with Crippen LogP contribution in [0.3, 0.4) is 0 Å². The molecule has 0 aromatic heterocycles. The zero-order chi connectivity index (χ0) is 20.8. The summed E-state index contributed by atoms with van der Waals surface area (Å²) in [5, 5.41) is 10.5. The van der Waals surface area contributed by atoms with Gasteiger partial charge in [0.2, 0.25) is 5.91 Å². The highest BCUT2D eigenvalue weighted by atomic mass is 16.6. The molecule has 29 heavy (non-hydrogen) atoms. The average molecular weight is 397 g/mol. The predicted octanol–water partition coefficient (Wildman–Crippen LogP) is 1.64. The fraction of sp³-hybridized carbons (Fsp3) is 0.409. The minimum absolute atomic E-state index is 0.247. The summed E-state index contributed by atoms with van der Waals surface area (Å²) in [6.45, 7) is 4.59. The molecule has 2 aromatic rings. The first-order valence-corrected chi connectivity index (χ1v) is 10.0. The molecule has 1 aliphatic rings. The lowest BCUT2D eigenvalue weighted by molar-refractivity contribution is -0.129. The van der Waals surface area contributed by atoms with Crippen LogP contribution in [0.4, 0.5) is 0 Å². The second kappa shape index (κ2) is 9.52. The number of carbonyl (C=O) groups excluding carboxylic acids is 3. The summed E-state index contributed by atoms with van der Waals surface area (Å²) in [7, 11) is 0. The molecule has 1 fully saturated rings. The van der Waals surface area contributed by atoms with Crippen LogP contribution in [-0.2, 0) is 25.7 Å². The number of likely N-dealkylation sites (N-methyl/N-ethyl adjacent to an activating group) is 1. The smallest absolute Gasteiger partial charge is 0.253 e. The number of carbonyl (C=O) groups is 3. The van der Waals surface area contributed by atoms with Crippen molar-refractivity contribution in [1.82, 2.24) is 16.0 Å². The molecule has 7 heteroatoms. The molecule has 2 aromatic carbocycles. The van der Waals surface area contributed by atoms with Gasteiger partial charge in [0.15, 0.2) is 12.2 Å². The van der Waals surface area contributed by atoms with Crippen molar-refractivity contribution in [1.29, 1.82) is 0 Å². The van der Waals surface area contributed by atoms with Crippen LogP contribution in [-0.4, -0.2) is 42.5 Å². The first-order chi connectivity index (χ1) is 14.0. The number of benzene rings is 2. The zero-order valence-corrected chi connectivity index (χ0v) is 16.7. The fourth-order valence-corrected chi connectivity index (χ4v) is 3.26. The van der Waals surface area contributed by atoms with Gasteiger partial charge in [0.25, 0.3) is 11.8 Å². The predicted molar refractivity (Wildman–Crippen MR) is 110 cm³/mol. The topological polar surface area (TPSA) is 99.8 Å². The summed E-state index contributed by atoms with van der Waals surface area (Å²) in [4.78, 5) is 36.7. The maximum absolute atomic E-state index is 12.6. The van der Waals surface area contributed by atoms with Gasteiger partial charge in [0.05, 0.1) is 0 Å². The van der Waals surface area contributed by atoms with Crippen LogP contribution in [0.15, 0.2) is 42.5 Å². The van der Waals surface area contributed by atoms with Crippen molar-refractivity contribution in [2.75, 3.05) is 6.54 Å². The standard InChI is InChI=1S/C22H27N3O4/c1-3-7-17(25-22(28)19-18(29-19)21(27)23-4-2)20(26)24-13-14-10-11-15-8-5-6-9-16(15)12-14/h5-6,8-12,17-19H,3-4,7,13H2,1-2H3,(H,23,27)(H,24,26)(H,25,28)/t17-,18-,19?/m0/s1. The number of hydrogen-bond acceptors (Lipinski definition) is 4. The van der Waals surface area contributed by atoms with E-state index >= 15 is 0 Å². The Kier molecular flexibility index (Phi) is 6.82. The third-order valence-corrected chi connectivity index (χ3v) is 4.85. The minimum atomic E-state index is -0.825. The molecule has 1 saturated heterocycles. The normalized spacial score (nSPS) is 18.7. The van der Waals surface area contributed by atoms with Gasteiger partial charge < -0.3 is 20.7 Å². The van der Waals surface area contributed by atoms with Gasteiger partial charge >= 0.3 is 0 Å². The highest BCUT2D eigenvalue weighted by molar-refractivity contribution is 5.97. The Morgan fingerprint density at radius 1 is 0.966 bits per heavy atom. The summed E-state index contributed by atoms with van der Waals surface area (Å²) >= 11 is 0. The molecule has 3 rings (SSSR count). The molecule has 0 spiro atoms. The Morgan fingerprint density at radius 3 is 2.41 bits per heavy atom. The molecule has 0 radical (unpaired) electrons. The fourth-order valence-electron chi connectivity index (χ4n) is 3.26. The van der Waals surface area contributed by atoms with Crippen LogP contribution in [0.1, 0.15) is 32.3 Å². The Morgan fingerprint density at radius 2 is 1.69 bits per heavy atom. The van der Waals surface area contributed by atoms with Crippen LogP contribution in [0.5, 0.6) is 0 Å². The highest BCUT2D eigenvalue weighted by Gasteiger charge is 2.50. The van der Waals surface area contributed by atoms with Crippen LogP contribution >= 0.6 is 0 Å². The summed E-state index contributed by atoms with van der Waals surface area (Å²) in [5.74, 6) is -0.982. The largest absolute Gasteiger partial charge is 0.354 e. The van der Waals surface area contributed by atoms with E-state index in [4.69, 9.17) is 4.74 Å². The molecule has 0 aliphatic carbocycles. The number of hydrogen-bond donors (Lipinski definition) is 3. The highest BCUT2D eigenvalue weighted by Crippen LogP contribution is 2.22. The molecule has 0 saturated carbocycles. The Labute approximate surface area is 170 Å². The number of epoxide rings is 1. The zero-order valence-electron chi connectivity index (χ0n) is 16.7. The maximum atomic E-state index is 12.6. The quantitative estimate of drug-likeness (QED) is 0.560. The van der Waals surface area contributed by atoms with Gasteiger partial charge in [0.1, 0.15) is 6.04 Å². The van der Waals surface area contributed by atoms with E-state index in [-0.39, 0.29) is 11.8 Å². The number of ether oxygens (including phenoxy) is 1. The molecule has 1 aliphatic heterocycles. The van der Waals surface area contributed by atoms with Gasteiger partial charge in [-0.05, 0) is 35.7 Å². The molecular weight excluding hydrogens is 370 g/mol. The summed E-state index contributed by atoms with van der Waals surface area (Å²) < 4.78 is 5.17. The van der Waals surface area contributed by atoms with Crippen molar-refractivity contribution in [3.63, 3.8) is 0 Å². The second-order valence-electron chi connectivity index (χ2n) is 7.12. The lowest BCUT2D eigenvalue weighted by Gasteiger charge is -2.17. The lowest BCUT2D eigenvalue weighted by atomic mass is 10.1. The van der Waals surface area contributed by atoms with Gasteiger partial charge in [0, 0.05) is 13.1 Å². The maximum Gasteiger partial charge on any atom is 0.253 e. The second-order valence-corrected chi connectivity index (χ2v) is 7.12. The monoisotopic (exact) mass is 397 g/mol. The Bertz CT molecular complexity index is 899. The first-order valence-electron chi connectivity index (χ1n) is 10.0. The molecule has 1 unspecified atom stereocenters. The van der Waals surface area contributed by atoms with E-state index in [2.05, 4.69) is 16.0 Å². The molecule has 154 valence electrons. The first kappa shape index (κ1) is 20.8. The van der Waals surface area contributed by atoms with E-state index in [9.17, 15) is 14.4 Å². The van der Waals surface area contributed by atoms with E-state index in [0.717, 1.165) is 22.8 Å². The summed E-state index contributed by atoms with van der Waals surface area (Å²) in [5.41, 5.74) is 0.987. The Balaban J connectivity index is 1.54. The van der Waals surface area contributed by atoms with Crippen LogP contribution in [0.25, 0.3) is 10.8 Å². The number of fused-ring (bicyclic) bond motifs is 1. The van der Waals surface area contributed by atoms with Crippen molar-refractivity contribution in [3.8, 4) is 0 Å². The van der Waals surface area contributed by atoms with Crippen molar-refractivity contribution >= 4 is 28.5 Å². The summed E-state index contributed by atoms with van der Waals surface area (Å²) in [6, 6.07) is 13.4. The molecule has 0 bridgehead atoms. The lowest BCUT2D eigenvalue weighted by Crippen LogP contribution is -2.48. The molecule has 3 amide bonds. The minimum Gasteiger partial charge on any atom is -0.354 e. The van der Waals surface area contributed by atoms with E-state index in [0.29, 0.717) is 19.5 Å². The summed E-state index contributed by atoms with van der Waals surface area (Å²) in [6.07, 6.45) is -0.347. The molecule has 1 heterocycles. The number of amides is 3. The SMILES string of the molecule is CCC[C@H](NC(=O)C1O[C@@H]1C(=O)NCC)C(=O)NCc1ccc2ccccc2c1. The van der Waals surface area contributed by atoms with E-state index < -0.39 is 24.2 Å². The number of rotatable bonds is 9. The van der Waals surface area contributed by atoms with E-state index in [1.807, 2.05) is 49.4 Å². The van der Waals surface area contributed by atoms with Gasteiger partial charge in [-0.1, -0.05) is 49.7 Å². The van der Waals surface area contributed by atoms with Crippen LogP contribution < -0.4 is 16.0 Å². The van der Waals surface area contributed by atoms with Crippen molar-refractivity contribution in [3.05, 3.63) is 48.0 Å². The van der Waals surface area contributed by atoms with Crippen LogP contribution in [0.2, 0.25) is 0 Å². The van der Waals surface area contributed by atoms with E-state index in [1.54, 1.807) is 6.92 Å². The van der Waals surface area contributed by atoms with Crippen LogP contribution in [0, 0.1) is 0 Å². The third kappa shape index (κ3) is 5.32. The average Bonchev–Trinajstić information content (AvgIpc) is 3.53. The number of nitrogens with one attached hydrogen (secondary N) is 3. The molecular formula is C22H27N3O4. The van der Waals surface area contributed by atoms with Gasteiger partial charge in [-0.3, -0.25) is 14.4 Å². The third-order valence-electron chi connectivity index (χ3n) is 4.85. The van der Waals surface area contributed by atoms with Gasteiger partial charge in [-0.25, -0.2) is 0 Å². The van der Waals surface area contributed by atoms with Gasteiger partial charge in [-0.2, -0.15) is 0 Å². The molecule has 3 atom stereocenters. The van der Waals surface area contributed by atoms with Crippen molar-refractivity contribution in [2.24, 2.45) is 0 Å².